The Morgan fingerprint density at radius 3 is 2.28 bits per heavy atom. The molecule has 2 amide bonds. The molecule has 1 fully saturated rings. The van der Waals surface area contributed by atoms with E-state index in [0.29, 0.717) is 4.47 Å². The third-order valence-corrected chi connectivity index (χ3v) is 8.13. The van der Waals surface area contributed by atoms with Gasteiger partial charge in [0.25, 0.3) is 5.91 Å². The summed E-state index contributed by atoms with van der Waals surface area (Å²) in [7, 11) is 0. The van der Waals surface area contributed by atoms with Crippen molar-refractivity contribution < 1.29 is 29.4 Å². The molecule has 3 atom stereocenters. The molecule has 2 heterocycles. The minimum Gasteiger partial charge on any atom is -0.480 e. The Balaban J connectivity index is 2.35. The Labute approximate surface area is 221 Å². The lowest BCUT2D eigenvalue weighted by atomic mass is 9.74. The van der Waals surface area contributed by atoms with Crippen molar-refractivity contribution in [3.8, 4) is 0 Å². The van der Waals surface area contributed by atoms with Crippen molar-refractivity contribution in [2.45, 2.75) is 64.5 Å². The molecule has 36 heavy (non-hydrogen) atoms. The van der Waals surface area contributed by atoms with Gasteiger partial charge in [0.05, 0.1) is 0 Å². The van der Waals surface area contributed by atoms with Crippen LogP contribution in [0.1, 0.15) is 74.4 Å². The molecule has 4 N–H and O–H groups in total. The summed E-state index contributed by atoms with van der Waals surface area (Å²) in [5.41, 5.74) is 2.15. The van der Waals surface area contributed by atoms with Gasteiger partial charge >= 0.3 is 11.9 Å². The first kappa shape index (κ1) is 27.8. The highest BCUT2D eigenvalue weighted by Gasteiger charge is 2.71. The van der Waals surface area contributed by atoms with E-state index in [4.69, 9.17) is 5.73 Å². The van der Waals surface area contributed by atoms with Gasteiger partial charge in [-0.2, -0.15) is 0 Å². The Kier molecular flexibility index (Phi) is 7.40. The summed E-state index contributed by atoms with van der Waals surface area (Å²) in [4.78, 5) is 57.9. The number of carbonyl (C=O) groups is 4. The molecule has 1 aliphatic rings. The van der Waals surface area contributed by atoms with Crippen LogP contribution in [0.25, 0.3) is 0 Å². The van der Waals surface area contributed by atoms with Gasteiger partial charge in [-0.15, -0.1) is 11.3 Å². The van der Waals surface area contributed by atoms with Gasteiger partial charge in [0.2, 0.25) is 5.91 Å². The van der Waals surface area contributed by atoms with Crippen LogP contribution in [0.2, 0.25) is 0 Å². The van der Waals surface area contributed by atoms with Crippen molar-refractivity contribution >= 4 is 51.0 Å². The largest absolute Gasteiger partial charge is 0.480 e. The maximum atomic E-state index is 14.2. The summed E-state index contributed by atoms with van der Waals surface area (Å²) in [5.74, 6) is -5.18. The second kappa shape index (κ2) is 9.59. The zero-order valence-corrected chi connectivity index (χ0v) is 23.1. The Morgan fingerprint density at radius 2 is 1.86 bits per heavy atom. The van der Waals surface area contributed by atoms with E-state index in [2.05, 4.69) is 20.9 Å². The van der Waals surface area contributed by atoms with E-state index >= 15 is 0 Å². The molecule has 1 aromatic carbocycles. The fraction of sp³-hybridized carbons (Fsp3) is 0.480. The minimum atomic E-state index is -2.39. The lowest BCUT2D eigenvalue weighted by molar-refractivity contribution is -0.156. The average Bonchev–Trinajstić information content (AvgIpc) is 3.37. The van der Waals surface area contributed by atoms with Crippen molar-refractivity contribution in [3.63, 3.8) is 0 Å². The van der Waals surface area contributed by atoms with Crippen LogP contribution in [-0.4, -0.2) is 49.4 Å². The molecule has 1 aromatic heterocycles. The predicted octanol–water partition coefficient (Wildman–Crippen LogP) is 4.22. The SMILES string of the molecule is CC(C)C[C@@]1(C(=O)O)CC(C(N)=O)(C(=O)O)[C@H](c2nccs2)N1C(=O)c1ccc(C(C)(C)C)c(Br)c1. The van der Waals surface area contributed by atoms with Crippen molar-refractivity contribution in [1.29, 1.82) is 0 Å². The third-order valence-electron chi connectivity index (χ3n) is 6.65. The number of thiazole rings is 1. The van der Waals surface area contributed by atoms with Crippen molar-refractivity contribution in [2.24, 2.45) is 17.1 Å². The maximum Gasteiger partial charge on any atom is 0.329 e. The lowest BCUT2D eigenvalue weighted by Gasteiger charge is -2.39. The number of halogens is 1. The van der Waals surface area contributed by atoms with Gasteiger partial charge in [0, 0.05) is 28.0 Å². The van der Waals surface area contributed by atoms with E-state index in [-0.39, 0.29) is 28.3 Å². The molecule has 1 saturated heterocycles. The smallest absolute Gasteiger partial charge is 0.329 e. The van der Waals surface area contributed by atoms with Crippen molar-refractivity contribution in [2.75, 3.05) is 0 Å². The monoisotopic (exact) mass is 579 g/mol. The number of likely N-dealkylation sites (tertiary alicyclic amines) is 1. The van der Waals surface area contributed by atoms with Gasteiger partial charge in [0.15, 0.2) is 5.41 Å². The highest BCUT2D eigenvalue weighted by atomic mass is 79.9. The molecule has 0 spiro atoms. The molecule has 0 saturated carbocycles. The van der Waals surface area contributed by atoms with Crippen molar-refractivity contribution in [1.82, 2.24) is 9.88 Å². The number of aliphatic carboxylic acids is 2. The summed E-state index contributed by atoms with van der Waals surface area (Å²) in [6, 6.07) is 3.44. The molecule has 1 aliphatic heterocycles. The third kappa shape index (κ3) is 4.43. The molecule has 9 nitrogen and oxygen atoms in total. The number of amides is 2. The first-order chi connectivity index (χ1) is 16.6. The molecule has 194 valence electrons. The summed E-state index contributed by atoms with van der Waals surface area (Å²) in [5, 5.41) is 22.6. The van der Waals surface area contributed by atoms with Crippen molar-refractivity contribution in [3.05, 3.63) is 50.4 Å². The Hall–Kier alpha value is -2.79. The number of benzene rings is 1. The molecule has 11 heteroatoms. The first-order valence-electron chi connectivity index (χ1n) is 11.4. The Morgan fingerprint density at radius 1 is 1.22 bits per heavy atom. The number of carbonyl (C=O) groups excluding carboxylic acids is 2. The number of nitrogens with two attached hydrogens (primary N) is 1. The zero-order chi connectivity index (χ0) is 27.2. The lowest BCUT2D eigenvalue weighted by Crippen LogP contribution is -2.54. The van der Waals surface area contributed by atoms with E-state index in [1.807, 2.05) is 20.8 Å². The van der Waals surface area contributed by atoms with Gasteiger partial charge in [-0.05, 0) is 35.4 Å². The topological polar surface area (TPSA) is 151 Å². The minimum absolute atomic E-state index is 0.0838. The van der Waals surface area contributed by atoms with Crippen LogP contribution in [-0.2, 0) is 19.8 Å². The van der Waals surface area contributed by atoms with E-state index in [0.717, 1.165) is 21.8 Å². The molecule has 0 aliphatic carbocycles. The standard InChI is InChI=1S/C25H30BrN3O6S/c1-13(2)11-24(21(32)33)12-25(20(27)31,22(34)35)17(18-28-8-9-36-18)29(24)19(30)14-6-7-15(16(26)10-14)23(3,4)5/h6-10,13,17H,11-12H2,1-5H3,(H2,27,31)(H,32,33)(H,34,35)/t17-,24-,25?/m0/s1. The molecule has 3 rings (SSSR count). The van der Waals surface area contributed by atoms with E-state index in [1.54, 1.807) is 37.4 Å². The van der Waals surface area contributed by atoms with Gasteiger partial charge in [-0.1, -0.05) is 56.6 Å². The van der Waals surface area contributed by atoms with Crippen LogP contribution >= 0.6 is 27.3 Å². The molecular formula is C25H30BrN3O6S. The number of hydrogen-bond acceptors (Lipinski definition) is 6. The number of nitrogens with zero attached hydrogens (tertiary/aromatic N) is 2. The fourth-order valence-corrected chi connectivity index (χ4v) is 6.93. The number of primary amides is 1. The predicted molar refractivity (Wildman–Crippen MR) is 138 cm³/mol. The maximum absolute atomic E-state index is 14.2. The second-order valence-electron chi connectivity index (χ2n) is 10.6. The summed E-state index contributed by atoms with van der Waals surface area (Å²) >= 11 is 4.55. The number of hydrogen-bond donors (Lipinski definition) is 3. The van der Waals surface area contributed by atoms with Crippen LogP contribution in [0.3, 0.4) is 0 Å². The van der Waals surface area contributed by atoms with Crippen LogP contribution in [0, 0.1) is 11.3 Å². The number of rotatable bonds is 7. The quantitative estimate of drug-likeness (QED) is 0.415. The van der Waals surface area contributed by atoms with E-state index < -0.39 is 47.2 Å². The molecule has 0 bridgehead atoms. The van der Waals surface area contributed by atoms with Gasteiger partial charge in [-0.25, -0.2) is 9.78 Å². The Bertz CT molecular complexity index is 1190. The molecular weight excluding hydrogens is 550 g/mol. The summed E-state index contributed by atoms with van der Waals surface area (Å²) in [6.07, 6.45) is 0.656. The van der Waals surface area contributed by atoms with Gasteiger partial charge in [-0.3, -0.25) is 14.4 Å². The average molecular weight is 581 g/mol. The number of carboxylic acids is 2. The van der Waals surface area contributed by atoms with Crippen LogP contribution in [0.15, 0.2) is 34.2 Å². The van der Waals surface area contributed by atoms with E-state index in [1.165, 1.54) is 6.20 Å². The highest BCUT2D eigenvalue weighted by molar-refractivity contribution is 9.10. The highest BCUT2D eigenvalue weighted by Crippen LogP contribution is 2.57. The molecule has 0 radical (unpaired) electrons. The van der Waals surface area contributed by atoms with Gasteiger partial charge in [0.1, 0.15) is 16.6 Å². The summed E-state index contributed by atoms with van der Waals surface area (Å²) < 4.78 is 0.648. The number of aromatic nitrogens is 1. The van der Waals surface area contributed by atoms with Crippen LogP contribution in [0.4, 0.5) is 0 Å². The number of carboxylic acid groups (broad SMARTS) is 2. The van der Waals surface area contributed by atoms with Crippen LogP contribution < -0.4 is 5.73 Å². The van der Waals surface area contributed by atoms with Gasteiger partial charge < -0.3 is 20.8 Å². The van der Waals surface area contributed by atoms with Crippen LogP contribution in [0.5, 0.6) is 0 Å². The normalized spacial score (nSPS) is 24.2. The summed E-state index contributed by atoms with van der Waals surface area (Å²) in [6.45, 7) is 9.58. The second-order valence-corrected chi connectivity index (χ2v) is 12.4. The van der Waals surface area contributed by atoms with E-state index in [9.17, 15) is 29.4 Å². The molecule has 1 unspecified atom stereocenters. The first-order valence-corrected chi connectivity index (χ1v) is 13.1. The zero-order valence-electron chi connectivity index (χ0n) is 20.7. The fourth-order valence-electron chi connectivity index (χ4n) is 5.14. The molecule has 2 aromatic rings.